The molecule has 0 saturated carbocycles. The third-order valence-electron chi connectivity index (χ3n) is 3.80. The Bertz CT molecular complexity index is 890. The van der Waals surface area contributed by atoms with Crippen molar-refractivity contribution in [2.24, 2.45) is 0 Å². The monoisotopic (exact) mass is 367 g/mol. The fourth-order valence-corrected chi connectivity index (χ4v) is 2.47. The van der Waals surface area contributed by atoms with Crippen LogP contribution >= 0.6 is 0 Å². The number of anilines is 4. The van der Waals surface area contributed by atoms with E-state index in [2.05, 4.69) is 25.6 Å². The number of ether oxygens (including phenoxy) is 3. The van der Waals surface area contributed by atoms with Crippen molar-refractivity contribution in [3.63, 3.8) is 0 Å². The van der Waals surface area contributed by atoms with Crippen molar-refractivity contribution in [3.8, 4) is 17.2 Å². The summed E-state index contributed by atoms with van der Waals surface area (Å²) in [6, 6.07) is 11.5. The van der Waals surface area contributed by atoms with Crippen LogP contribution in [-0.4, -0.2) is 36.3 Å². The van der Waals surface area contributed by atoms with Gasteiger partial charge in [0.05, 0.1) is 21.3 Å². The predicted octanol–water partition coefficient (Wildman–Crippen LogP) is 3.69. The van der Waals surface area contributed by atoms with Gasteiger partial charge in [-0.15, -0.1) is 0 Å². The third kappa shape index (κ3) is 4.35. The van der Waals surface area contributed by atoms with Crippen molar-refractivity contribution in [2.45, 2.75) is 6.92 Å². The number of aryl methyl sites for hydroxylation is 1. The molecule has 3 rings (SSSR count). The van der Waals surface area contributed by atoms with Crippen LogP contribution in [0.15, 0.2) is 42.7 Å². The molecule has 3 aromatic rings. The number of hydrogen-bond acceptors (Lipinski definition) is 8. The topological polar surface area (TPSA) is 90.4 Å². The lowest BCUT2D eigenvalue weighted by molar-refractivity contribution is 0.324. The van der Waals surface area contributed by atoms with Crippen LogP contribution in [0.1, 0.15) is 5.56 Å². The molecule has 1 heterocycles. The second kappa shape index (κ2) is 8.22. The maximum Gasteiger partial charge on any atom is 0.232 e. The summed E-state index contributed by atoms with van der Waals surface area (Å²) < 4.78 is 16.0. The molecule has 0 unspecified atom stereocenters. The van der Waals surface area contributed by atoms with Gasteiger partial charge in [-0.05, 0) is 19.1 Å². The van der Waals surface area contributed by atoms with Gasteiger partial charge in [-0.25, -0.2) is 9.97 Å². The highest BCUT2D eigenvalue weighted by Crippen LogP contribution is 2.40. The quantitative estimate of drug-likeness (QED) is 0.653. The summed E-state index contributed by atoms with van der Waals surface area (Å²) in [4.78, 5) is 12.7. The van der Waals surface area contributed by atoms with E-state index in [4.69, 9.17) is 14.2 Å². The molecule has 8 nitrogen and oxygen atoms in total. The smallest absolute Gasteiger partial charge is 0.232 e. The van der Waals surface area contributed by atoms with Gasteiger partial charge in [0.2, 0.25) is 17.6 Å². The predicted molar refractivity (Wildman–Crippen MR) is 104 cm³/mol. The lowest BCUT2D eigenvalue weighted by Crippen LogP contribution is -2.03. The van der Waals surface area contributed by atoms with Crippen molar-refractivity contribution in [2.75, 3.05) is 32.0 Å². The summed E-state index contributed by atoms with van der Waals surface area (Å²) >= 11 is 0. The van der Waals surface area contributed by atoms with Crippen LogP contribution in [0.4, 0.5) is 23.3 Å². The van der Waals surface area contributed by atoms with Gasteiger partial charge in [0.1, 0.15) is 6.33 Å². The average molecular weight is 367 g/mol. The van der Waals surface area contributed by atoms with Crippen molar-refractivity contribution in [1.82, 2.24) is 15.0 Å². The Morgan fingerprint density at radius 2 is 1.30 bits per heavy atom. The molecular weight excluding hydrogens is 346 g/mol. The zero-order chi connectivity index (χ0) is 19.2. The van der Waals surface area contributed by atoms with Gasteiger partial charge >= 0.3 is 0 Å². The highest BCUT2D eigenvalue weighted by molar-refractivity contribution is 5.66. The van der Waals surface area contributed by atoms with Gasteiger partial charge in [-0.3, -0.25) is 0 Å². The first-order valence-corrected chi connectivity index (χ1v) is 8.22. The van der Waals surface area contributed by atoms with E-state index in [9.17, 15) is 0 Å². The number of hydrogen-bond donors (Lipinski definition) is 2. The molecule has 0 bridgehead atoms. The lowest BCUT2D eigenvalue weighted by Gasteiger charge is -2.14. The zero-order valence-corrected chi connectivity index (χ0v) is 15.6. The molecule has 8 heteroatoms. The van der Waals surface area contributed by atoms with Crippen molar-refractivity contribution < 1.29 is 14.2 Å². The van der Waals surface area contributed by atoms with Gasteiger partial charge in [-0.2, -0.15) is 4.98 Å². The first-order valence-electron chi connectivity index (χ1n) is 8.22. The molecule has 1 aromatic heterocycles. The molecule has 27 heavy (non-hydrogen) atoms. The van der Waals surface area contributed by atoms with Crippen molar-refractivity contribution in [3.05, 3.63) is 48.3 Å². The van der Waals surface area contributed by atoms with E-state index < -0.39 is 0 Å². The fourth-order valence-electron chi connectivity index (χ4n) is 2.47. The van der Waals surface area contributed by atoms with Gasteiger partial charge in [-0.1, -0.05) is 17.7 Å². The van der Waals surface area contributed by atoms with Crippen LogP contribution in [0, 0.1) is 6.92 Å². The van der Waals surface area contributed by atoms with Crippen LogP contribution < -0.4 is 24.8 Å². The van der Waals surface area contributed by atoms with E-state index in [1.165, 1.54) is 11.9 Å². The summed E-state index contributed by atoms with van der Waals surface area (Å²) in [6.07, 6.45) is 1.43. The highest BCUT2D eigenvalue weighted by Gasteiger charge is 2.14. The Labute approximate surface area is 157 Å². The highest BCUT2D eigenvalue weighted by atomic mass is 16.5. The molecular formula is C19H21N5O3. The largest absolute Gasteiger partial charge is 0.493 e. The van der Waals surface area contributed by atoms with E-state index in [0.717, 1.165) is 5.69 Å². The van der Waals surface area contributed by atoms with Gasteiger partial charge in [0, 0.05) is 23.5 Å². The van der Waals surface area contributed by atoms with E-state index in [0.29, 0.717) is 34.8 Å². The lowest BCUT2D eigenvalue weighted by atomic mass is 10.2. The summed E-state index contributed by atoms with van der Waals surface area (Å²) in [5, 5.41) is 6.27. The minimum absolute atomic E-state index is 0.383. The molecule has 0 aliphatic heterocycles. The average Bonchev–Trinajstić information content (AvgIpc) is 2.69. The molecule has 0 aliphatic rings. The third-order valence-corrected chi connectivity index (χ3v) is 3.80. The van der Waals surface area contributed by atoms with E-state index in [1.807, 2.05) is 31.2 Å². The SMILES string of the molecule is COc1cc(Nc2ncnc(Nc3ccc(C)cc3)n2)cc(OC)c1OC. The van der Waals surface area contributed by atoms with E-state index >= 15 is 0 Å². The number of nitrogens with one attached hydrogen (secondary N) is 2. The Morgan fingerprint density at radius 3 is 1.81 bits per heavy atom. The Hall–Kier alpha value is -3.55. The van der Waals surface area contributed by atoms with Crippen LogP contribution in [-0.2, 0) is 0 Å². The van der Waals surface area contributed by atoms with Gasteiger partial charge in [0.25, 0.3) is 0 Å². The van der Waals surface area contributed by atoms with Crippen molar-refractivity contribution in [1.29, 1.82) is 0 Å². The zero-order valence-electron chi connectivity index (χ0n) is 15.6. The molecule has 140 valence electrons. The minimum Gasteiger partial charge on any atom is -0.493 e. The van der Waals surface area contributed by atoms with E-state index in [1.54, 1.807) is 33.5 Å². The Balaban J connectivity index is 1.82. The molecule has 2 aromatic carbocycles. The molecule has 0 spiro atoms. The van der Waals surface area contributed by atoms with Crippen molar-refractivity contribution >= 4 is 23.3 Å². The molecule has 0 fully saturated rings. The van der Waals surface area contributed by atoms with E-state index in [-0.39, 0.29) is 0 Å². The molecule has 0 aliphatic carbocycles. The Kier molecular flexibility index (Phi) is 5.55. The maximum atomic E-state index is 5.36. The molecule has 0 saturated heterocycles. The number of methoxy groups -OCH3 is 3. The minimum atomic E-state index is 0.383. The van der Waals surface area contributed by atoms with Crippen LogP contribution in [0.25, 0.3) is 0 Å². The van der Waals surface area contributed by atoms with Gasteiger partial charge in [0.15, 0.2) is 11.5 Å². The summed E-state index contributed by atoms with van der Waals surface area (Å²) in [6.45, 7) is 2.03. The molecule has 0 radical (unpaired) electrons. The number of aromatic nitrogens is 3. The second-order valence-corrected chi connectivity index (χ2v) is 5.66. The summed E-state index contributed by atoms with van der Waals surface area (Å²) in [5.74, 6) is 2.40. The summed E-state index contributed by atoms with van der Waals surface area (Å²) in [7, 11) is 4.68. The molecule has 0 atom stereocenters. The first kappa shape index (κ1) is 18.2. The number of benzene rings is 2. The standard InChI is InChI=1S/C19H21N5O3/c1-12-5-7-13(8-6-12)22-18-20-11-21-19(24-18)23-14-9-15(25-2)17(27-4)16(10-14)26-3/h5-11H,1-4H3,(H2,20,21,22,23,24). The maximum absolute atomic E-state index is 5.36. The van der Waals surface area contributed by atoms with Crippen LogP contribution in [0.3, 0.4) is 0 Å². The second-order valence-electron chi connectivity index (χ2n) is 5.66. The van der Waals surface area contributed by atoms with Crippen LogP contribution in [0.2, 0.25) is 0 Å². The normalized spacial score (nSPS) is 10.2. The number of rotatable bonds is 7. The number of nitrogens with zero attached hydrogens (tertiary/aromatic N) is 3. The first-order chi connectivity index (χ1) is 13.1. The molecule has 0 amide bonds. The van der Waals surface area contributed by atoms with Gasteiger partial charge < -0.3 is 24.8 Å². The van der Waals surface area contributed by atoms with Crippen LogP contribution in [0.5, 0.6) is 17.2 Å². The molecule has 2 N–H and O–H groups in total. The summed E-state index contributed by atoms with van der Waals surface area (Å²) in [5.41, 5.74) is 2.77. The fraction of sp³-hybridized carbons (Fsp3) is 0.211. The Morgan fingerprint density at radius 1 is 0.741 bits per heavy atom.